The third-order valence-electron chi connectivity index (χ3n) is 5.17. The van der Waals surface area contributed by atoms with E-state index in [0.29, 0.717) is 0 Å². The van der Waals surface area contributed by atoms with Crippen LogP contribution in [0.15, 0.2) is 60.9 Å². The molecule has 1 aliphatic rings. The molecule has 0 unspecified atom stereocenters. The Labute approximate surface area is 159 Å². The smallest absolute Gasteiger partial charge is 0.107 e. The molecule has 0 aliphatic carbocycles. The van der Waals surface area contributed by atoms with Gasteiger partial charge in [0.25, 0.3) is 0 Å². The lowest BCUT2D eigenvalue weighted by Crippen LogP contribution is -2.38. The van der Waals surface area contributed by atoms with Crippen molar-refractivity contribution < 1.29 is 0 Å². The van der Waals surface area contributed by atoms with Crippen molar-refractivity contribution in [3.63, 3.8) is 0 Å². The van der Waals surface area contributed by atoms with Gasteiger partial charge in [0.1, 0.15) is 6.17 Å². The van der Waals surface area contributed by atoms with Crippen LogP contribution < -0.4 is 9.80 Å². The summed E-state index contributed by atoms with van der Waals surface area (Å²) in [7, 11) is 0. The third-order valence-corrected chi connectivity index (χ3v) is 5.17. The summed E-state index contributed by atoms with van der Waals surface area (Å²) in [5.41, 5.74) is 5.56. The normalized spacial score (nSPS) is 15.8. The van der Waals surface area contributed by atoms with Crippen molar-refractivity contribution in [3.05, 3.63) is 72.1 Å². The Bertz CT molecular complexity index is 738. The number of hydrogen-bond donors (Lipinski definition) is 0. The number of anilines is 2. The van der Waals surface area contributed by atoms with Gasteiger partial charge in [0.2, 0.25) is 0 Å². The molecule has 2 heteroatoms. The predicted molar refractivity (Wildman–Crippen MR) is 114 cm³/mol. The molecule has 3 rings (SSSR count). The molecule has 0 aromatic heterocycles. The average molecular weight is 349 g/mol. The largest absolute Gasteiger partial charge is 0.325 e. The van der Waals surface area contributed by atoms with Gasteiger partial charge in [-0.25, -0.2) is 0 Å². The van der Waals surface area contributed by atoms with E-state index in [9.17, 15) is 0 Å². The first-order valence-electron chi connectivity index (χ1n) is 9.55. The molecule has 138 valence electrons. The minimum absolute atomic E-state index is 0.112. The van der Waals surface area contributed by atoms with Crippen LogP contribution >= 0.6 is 0 Å². The second-order valence-corrected chi connectivity index (χ2v) is 9.28. The van der Waals surface area contributed by atoms with Gasteiger partial charge >= 0.3 is 0 Å². The highest BCUT2D eigenvalue weighted by Gasteiger charge is 2.30. The Morgan fingerprint density at radius 1 is 0.615 bits per heavy atom. The van der Waals surface area contributed by atoms with E-state index in [1.807, 2.05) is 0 Å². The zero-order chi connectivity index (χ0) is 19.1. The van der Waals surface area contributed by atoms with Crippen LogP contribution in [0.3, 0.4) is 0 Å². The van der Waals surface area contributed by atoms with Gasteiger partial charge in [0, 0.05) is 23.8 Å². The predicted octanol–water partition coefficient (Wildman–Crippen LogP) is 6.43. The lowest BCUT2D eigenvalue weighted by Gasteiger charge is -2.35. The maximum absolute atomic E-state index is 2.39. The monoisotopic (exact) mass is 348 g/mol. The zero-order valence-electron chi connectivity index (χ0n) is 17.2. The second kappa shape index (κ2) is 6.50. The van der Waals surface area contributed by atoms with E-state index >= 15 is 0 Å². The van der Waals surface area contributed by atoms with Crippen LogP contribution in [0.1, 0.15) is 59.6 Å². The molecule has 0 saturated carbocycles. The summed E-state index contributed by atoms with van der Waals surface area (Å²) < 4.78 is 0. The van der Waals surface area contributed by atoms with Crippen LogP contribution in [-0.2, 0) is 10.8 Å². The van der Waals surface area contributed by atoms with Crippen molar-refractivity contribution in [2.24, 2.45) is 0 Å². The molecule has 26 heavy (non-hydrogen) atoms. The number of rotatable bonds is 2. The molecule has 0 atom stereocenters. The van der Waals surface area contributed by atoms with E-state index in [0.717, 1.165) is 0 Å². The third kappa shape index (κ3) is 3.38. The van der Waals surface area contributed by atoms with Crippen molar-refractivity contribution >= 4 is 11.4 Å². The summed E-state index contributed by atoms with van der Waals surface area (Å²) in [5, 5.41) is 0. The molecule has 0 N–H and O–H groups in total. The lowest BCUT2D eigenvalue weighted by molar-refractivity contribution is 0.582. The zero-order valence-corrected chi connectivity index (χ0v) is 17.2. The van der Waals surface area contributed by atoms with Crippen molar-refractivity contribution in [3.8, 4) is 0 Å². The molecule has 1 heterocycles. The van der Waals surface area contributed by atoms with Gasteiger partial charge in [-0.3, -0.25) is 0 Å². The minimum atomic E-state index is 0.112. The Balaban J connectivity index is 2.00. The van der Waals surface area contributed by atoms with Gasteiger partial charge in [0.15, 0.2) is 0 Å². The molecule has 0 spiro atoms. The Morgan fingerprint density at radius 2 is 0.962 bits per heavy atom. The SMILES string of the molecule is CC1N(c2ccccc2C(C)(C)C)C=CN1c1ccccc1C(C)(C)C. The summed E-state index contributed by atoms with van der Waals surface area (Å²) in [6.07, 6.45) is 4.67. The fourth-order valence-corrected chi connectivity index (χ4v) is 3.76. The van der Waals surface area contributed by atoms with Gasteiger partial charge in [-0.05, 0) is 41.0 Å². The van der Waals surface area contributed by atoms with E-state index in [1.165, 1.54) is 22.5 Å². The summed E-state index contributed by atoms with van der Waals surface area (Å²) >= 11 is 0. The maximum atomic E-state index is 2.39. The van der Waals surface area contributed by atoms with Crippen LogP contribution in [0.25, 0.3) is 0 Å². The number of hydrogen-bond acceptors (Lipinski definition) is 2. The van der Waals surface area contributed by atoms with Crippen molar-refractivity contribution in [2.45, 2.75) is 65.5 Å². The first-order chi connectivity index (χ1) is 12.1. The molecule has 2 aromatic rings. The van der Waals surface area contributed by atoms with E-state index in [4.69, 9.17) is 0 Å². The van der Waals surface area contributed by atoms with E-state index < -0.39 is 0 Å². The van der Waals surface area contributed by atoms with Gasteiger partial charge in [-0.2, -0.15) is 0 Å². The Kier molecular flexibility index (Phi) is 4.64. The topological polar surface area (TPSA) is 6.48 Å². The summed E-state index contributed by atoms with van der Waals surface area (Å²) in [6, 6.07) is 17.5. The first-order valence-corrected chi connectivity index (χ1v) is 9.55. The van der Waals surface area contributed by atoms with Crippen molar-refractivity contribution in [1.29, 1.82) is 0 Å². The van der Waals surface area contributed by atoms with E-state index in [1.54, 1.807) is 0 Å². The van der Waals surface area contributed by atoms with Crippen LogP contribution in [-0.4, -0.2) is 6.17 Å². The average Bonchev–Trinajstić information content (AvgIpc) is 2.94. The Morgan fingerprint density at radius 3 is 1.31 bits per heavy atom. The van der Waals surface area contributed by atoms with Gasteiger partial charge in [0.05, 0.1) is 0 Å². The van der Waals surface area contributed by atoms with E-state index in [2.05, 4.69) is 119 Å². The highest BCUT2D eigenvalue weighted by molar-refractivity contribution is 5.67. The molecular formula is C24H32N2. The molecule has 0 amide bonds. The molecule has 2 nitrogen and oxygen atoms in total. The van der Waals surface area contributed by atoms with Crippen LogP contribution in [0.5, 0.6) is 0 Å². The minimum Gasteiger partial charge on any atom is -0.325 e. The fourth-order valence-electron chi connectivity index (χ4n) is 3.76. The van der Waals surface area contributed by atoms with Gasteiger partial charge in [-0.1, -0.05) is 77.9 Å². The molecule has 0 saturated heterocycles. The summed E-state index contributed by atoms with van der Waals surface area (Å²) in [5.74, 6) is 0. The standard InChI is InChI=1S/C24H32N2/c1-18-25(21-14-10-8-12-19(21)23(2,3)4)16-17-26(18)22-15-11-9-13-20(22)24(5,6)7/h8-18H,1-7H3. The molecule has 2 aromatic carbocycles. The van der Waals surface area contributed by atoms with Gasteiger partial charge in [-0.15, -0.1) is 0 Å². The quantitative estimate of drug-likeness (QED) is 0.617. The molecule has 0 fully saturated rings. The highest BCUT2D eigenvalue weighted by atomic mass is 15.4. The Hall–Kier alpha value is -2.22. The van der Waals surface area contributed by atoms with Crippen molar-refractivity contribution in [1.82, 2.24) is 0 Å². The molecule has 0 bridgehead atoms. The maximum Gasteiger partial charge on any atom is 0.107 e. The van der Waals surface area contributed by atoms with E-state index in [-0.39, 0.29) is 17.0 Å². The second-order valence-electron chi connectivity index (χ2n) is 9.28. The van der Waals surface area contributed by atoms with Gasteiger partial charge < -0.3 is 9.80 Å². The summed E-state index contributed by atoms with van der Waals surface area (Å²) in [4.78, 5) is 4.78. The van der Waals surface area contributed by atoms with Crippen LogP contribution in [0, 0.1) is 0 Å². The molecule has 1 aliphatic heterocycles. The van der Waals surface area contributed by atoms with Crippen LogP contribution in [0.2, 0.25) is 0 Å². The molecular weight excluding hydrogens is 316 g/mol. The van der Waals surface area contributed by atoms with Crippen LogP contribution in [0.4, 0.5) is 11.4 Å². The summed E-state index contributed by atoms with van der Waals surface area (Å²) in [6.45, 7) is 16.0. The fraction of sp³-hybridized carbons (Fsp3) is 0.417. The van der Waals surface area contributed by atoms with Crippen molar-refractivity contribution in [2.75, 3.05) is 9.80 Å². The number of nitrogens with zero attached hydrogens (tertiary/aromatic N) is 2. The number of benzene rings is 2. The molecule has 0 radical (unpaired) electrons. The highest BCUT2D eigenvalue weighted by Crippen LogP contribution is 2.39. The number of para-hydroxylation sites is 2. The first kappa shape index (κ1) is 18.6. The lowest BCUT2D eigenvalue weighted by atomic mass is 9.85.